The van der Waals surface area contributed by atoms with Crippen molar-refractivity contribution in [3.63, 3.8) is 0 Å². The molecule has 0 fully saturated rings. The Morgan fingerprint density at radius 3 is 2.07 bits per heavy atom. The van der Waals surface area contributed by atoms with E-state index in [2.05, 4.69) is 0 Å². The quantitative estimate of drug-likeness (QED) is 0.749. The average molecular weight is 222 g/mol. The summed E-state index contributed by atoms with van der Waals surface area (Å²) in [5.41, 5.74) is -0.707. The Hall–Kier alpha value is -0.620. The Morgan fingerprint density at radius 1 is 1.36 bits per heavy atom. The van der Waals surface area contributed by atoms with Crippen LogP contribution in [0.1, 0.15) is 27.7 Å². The minimum absolute atomic E-state index is 0.326. The molecule has 0 radical (unpaired) electrons. The number of amides is 1. The predicted molar refractivity (Wildman–Crippen MR) is 54.8 cm³/mol. The fourth-order valence-corrected chi connectivity index (χ4v) is 1.55. The summed E-state index contributed by atoms with van der Waals surface area (Å²) < 4.78 is 25.9. The van der Waals surface area contributed by atoms with Gasteiger partial charge in [-0.15, -0.1) is 0 Å². The van der Waals surface area contributed by atoms with Crippen LogP contribution in [0.5, 0.6) is 0 Å². The van der Waals surface area contributed by atoms with Gasteiger partial charge >= 0.3 is 10.2 Å². The number of hydrogen-bond donors (Lipinski definition) is 1. The van der Waals surface area contributed by atoms with Gasteiger partial charge in [0.05, 0.1) is 0 Å². The molecule has 0 unspecified atom stereocenters. The highest BCUT2D eigenvalue weighted by atomic mass is 32.2. The minimum Gasteiger partial charge on any atom is -0.273 e. The summed E-state index contributed by atoms with van der Waals surface area (Å²) >= 11 is 0. The smallest absolute Gasteiger partial charge is 0.273 e. The van der Waals surface area contributed by atoms with E-state index >= 15 is 0 Å². The van der Waals surface area contributed by atoms with Crippen LogP contribution in [0.3, 0.4) is 0 Å². The molecule has 0 aromatic heterocycles. The molecule has 1 N–H and O–H groups in total. The maximum Gasteiger partial charge on any atom is 0.303 e. The zero-order valence-electron chi connectivity index (χ0n) is 9.29. The number of carbonyl (C=O) groups is 1. The van der Waals surface area contributed by atoms with Crippen LogP contribution in [0.15, 0.2) is 0 Å². The molecule has 0 aliphatic carbocycles. The molecule has 0 atom stereocenters. The van der Waals surface area contributed by atoms with Crippen molar-refractivity contribution in [2.24, 2.45) is 5.41 Å². The van der Waals surface area contributed by atoms with Crippen LogP contribution in [0, 0.1) is 5.41 Å². The summed E-state index contributed by atoms with van der Waals surface area (Å²) in [7, 11) is -2.24. The normalized spacial score (nSPS) is 13.0. The Morgan fingerprint density at radius 2 is 1.79 bits per heavy atom. The van der Waals surface area contributed by atoms with Crippen LogP contribution in [-0.2, 0) is 15.0 Å². The van der Waals surface area contributed by atoms with Crippen molar-refractivity contribution in [2.75, 3.05) is 13.6 Å². The Bertz CT molecular complexity index is 303. The molecule has 0 saturated heterocycles. The topological polar surface area (TPSA) is 66.5 Å². The molecule has 6 heteroatoms. The first-order valence-corrected chi connectivity index (χ1v) is 5.83. The Labute approximate surface area is 85.7 Å². The molecule has 1 amide bonds. The molecular weight excluding hydrogens is 204 g/mol. The predicted octanol–water partition coefficient (Wildman–Crippen LogP) is 0.345. The van der Waals surface area contributed by atoms with E-state index in [0.717, 1.165) is 4.31 Å². The first kappa shape index (κ1) is 13.4. The molecule has 0 saturated carbocycles. The lowest BCUT2D eigenvalue weighted by Crippen LogP contribution is -2.45. The molecule has 84 valence electrons. The van der Waals surface area contributed by atoms with E-state index in [1.807, 2.05) is 4.72 Å². The highest BCUT2D eigenvalue weighted by molar-refractivity contribution is 7.87. The van der Waals surface area contributed by atoms with Crippen LogP contribution in [0.4, 0.5) is 0 Å². The SMILES string of the molecule is CCN(C)S(=O)(=O)NC(=O)C(C)(C)C. The van der Waals surface area contributed by atoms with Crippen molar-refractivity contribution in [1.82, 2.24) is 9.03 Å². The summed E-state index contributed by atoms with van der Waals surface area (Å²) in [5, 5.41) is 0. The zero-order chi connectivity index (χ0) is 11.6. The van der Waals surface area contributed by atoms with Gasteiger partial charge in [-0.25, -0.2) is 4.72 Å². The van der Waals surface area contributed by atoms with Gasteiger partial charge in [-0.05, 0) is 0 Å². The Kier molecular flexibility index (Phi) is 4.08. The van der Waals surface area contributed by atoms with Crippen molar-refractivity contribution in [1.29, 1.82) is 0 Å². The molecule has 0 rings (SSSR count). The van der Waals surface area contributed by atoms with Gasteiger partial charge in [-0.1, -0.05) is 27.7 Å². The second-order valence-electron chi connectivity index (χ2n) is 4.10. The van der Waals surface area contributed by atoms with Crippen LogP contribution in [-0.4, -0.2) is 32.2 Å². The number of nitrogens with zero attached hydrogens (tertiary/aromatic N) is 1. The van der Waals surface area contributed by atoms with E-state index in [9.17, 15) is 13.2 Å². The number of carbonyl (C=O) groups excluding carboxylic acids is 1. The summed E-state index contributed by atoms with van der Waals surface area (Å²) in [6.45, 7) is 6.99. The lowest BCUT2D eigenvalue weighted by Gasteiger charge is -2.21. The van der Waals surface area contributed by atoms with Crippen LogP contribution < -0.4 is 4.72 Å². The van der Waals surface area contributed by atoms with E-state index in [1.54, 1.807) is 27.7 Å². The molecule has 0 aromatic rings. The minimum atomic E-state index is -3.66. The van der Waals surface area contributed by atoms with Gasteiger partial charge in [0.1, 0.15) is 0 Å². The van der Waals surface area contributed by atoms with Gasteiger partial charge in [0.15, 0.2) is 0 Å². The largest absolute Gasteiger partial charge is 0.303 e. The van der Waals surface area contributed by atoms with Crippen LogP contribution in [0.25, 0.3) is 0 Å². The lowest BCUT2D eigenvalue weighted by atomic mass is 9.96. The molecule has 0 aromatic carbocycles. The Balaban J connectivity index is 4.63. The second-order valence-corrected chi connectivity index (χ2v) is 5.88. The van der Waals surface area contributed by atoms with Crippen molar-refractivity contribution in [2.45, 2.75) is 27.7 Å². The van der Waals surface area contributed by atoms with Gasteiger partial charge in [0.25, 0.3) is 0 Å². The molecule has 5 nitrogen and oxygen atoms in total. The van der Waals surface area contributed by atoms with Crippen LogP contribution >= 0.6 is 0 Å². The number of nitrogens with one attached hydrogen (secondary N) is 1. The van der Waals surface area contributed by atoms with Crippen molar-refractivity contribution in [3.8, 4) is 0 Å². The number of hydrogen-bond acceptors (Lipinski definition) is 3. The fraction of sp³-hybridized carbons (Fsp3) is 0.875. The molecule has 14 heavy (non-hydrogen) atoms. The maximum atomic E-state index is 11.4. The molecular formula is C8H18N2O3S. The molecule has 0 heterocycles. The lowest BCUT2D eigenvalue weighted by molar-refractivity contribution is -0.126. The molecule has 0 spiro atoms. The van der Waals surface area contributed by atoms with Crippen molar-refractivity contribution >= 4 is 16.1 Å². The zero-order valence-corrected chi connectivity index (χ0v) is 10.1. The summed E-state index contributed by atoms with van der Waals surface area (Å²) in [6, 6.07) is 0. The van der Waals surface area contributed by atoms with Crippen molar-refractivity contribution in [3.05, 3.63) is 0 Å². The van der Waals surface area contributed by atoms with Crippen LogP contribution in [0.2, 0.25) is 0 Å². The van der Waals surface area contributed by atoms with Gasteiger partial charge in [0, 0.05) is 19.0 Å². The number of rotatable bonds is 3. The first-order chi connectivity index (χ1) is 6.11. The van der Waals surface area contributed by atoms with E-state index in [1.165, 1.54) is 7.05 Å². The summed E-state index contributed by atoms with van der Waals surface area (Å²) in [5.74, 6) is -0.502. The van der Waals surface area contributed by atoms with E-state index in [-0.39, 0.29) is 0 Å². The monoisotopic (exact) mass is 222 g/mol. The third kappa shape index (κ3) is 3.63. The molecule has 0 aliphatic heterocycles. The van der Waals surface area contributed by atoms with Gasteiger partial charge in [0.2, 0.25) is 5.91 Å². The van der Waals surface area contributed by atoms with Gasteiger partial charge in [-0.3, -0.25) is 4.79 Å². The van der Waals surface area contributed by atoms with E-state index in [4.69, 9.17) is 0 Å². The van der Waals surface area contributed by atoms with Gasteiger partial charge < -0.3 is 0 Å². The highest BCUT2D eigenvalue weighted by Crippen LogP contribution is 2.13. The standard InChI is InChI=1S/C8H18N2O3S/c1-6-10(5)14(12,13)9-7(11)8(2,3)4/h6H2,1-5H3,(H,9,11). The first-order valence-electron chi connectivity index (χ1n) is 4.39. The molecule has 0 aliphatic rings. The van der Waals surface area contributed by atoms with E-state index < -0.39 is 21.5 Å². The van der Waals surface area contributed by atoms with Crippen molar-refractivity contribution < 1.29 is 13.2 Å². The maximum absolute atomic E-state index is 11.4. The highest BCUT2D eigenvalue weighted by Gasteiger charge is 2.27. The van der Waals surface area contributed by atoms with E-state index in [0.29, 0.717) is 6.54 Å². The third-order valence-electron chi connectivity index (χ3n) is 1.76. The summed E-state index contributed by atoms with van der Waals surface area (Å²) in [4.78, 5) is 11.4. The molecule has 0 bridgehead atoms. The second kappa shape index (κ2) is 4.27. The van der Waals surface area contributed by atoms with Gasteiger partial charge in [-0.2, -0.15) is 12.7 Å². The fourth-order valence-electron chi connectivity index (χ4n) is 0.518. The third-order valence-corrected chi connectivity index (χ3v) is 3.28. The summed E-state index contributed by atoms with van der Waals surface area (Å²) in [6.07, 6.45) is 0. The average Bonchev–Trinajstić information content (AvgIpc) is 2.00.